The van der Waals surface area contributed by atoms with Crippen molar-refractivity contribution in [1.29, 1.82) is 0 Å². The highest BCUT2D eigenvalue weighted by atomic mass is 16.5. The van der Waals surface area contributed by atoms with Crippen molar-refractivity contribution in [2.75, 3.05) is 47.0 Å². The summed E-state index contributed by atoms with van der Waals surface area (Å²) in [4.78, 5) is 13.5. The Morgan fingerprint density at radius 1 is 1.56 bits per heavy atom. The summed E-state index contributed by atoms with van der Waals surface area (Å²) >= 11 is 0. The van der Waals surface area contributed by atoms with E-state index in [0.29, 0.717) is 6.54 Å². The van der Waals surface area contributed by atoms with Gasteiger partial charge in [-0.3, -0.25) is 9.69 Å². The number of aliphatic hydroxyl groups is 1. The van der Waals surface area contributed by atoms with Crippen molar-refractivity contribution in [1.82, 2.24) is 10.2 Å². The van der Waals surface area contributed by atoms with Crippen molar-refractivity contribution in [3.63, 3.8) is 0 Å². The quantitative estimate of drug-likeness (QED) is 0.642. The van der Waals surface area contributed by atoms with E-state index in [-0.39, 0.29) is 17.9 Å². The lowest BCUT2D eigenvalue weighted by Gasteiger charge is -2.41. The molecular formula is C13H26N2O3. The average Bonchev–Trinajstić information content (AvgIpc) is 2.39. The summed E-state index contributed by atoms with van der Waals surface area (Å²) in [6, 6.07) is 0. The van der Waals surface area contributed by atoms with Gasteiger partial charge in [0.05, 0.1) is 6.54 Å². The minimum atomic E-state index is -0.0508. The number of likely N-dealkylation sites (N-methyl/N-ethyl adjacent to an activating group) is 1. The summed E-state index contributed by atoms with van der Waals surface area (Å²) in [6.07, 6.45) is 4.01. The molecular weight excluding hydrogens is 232 g/mol. The Labute approximate surface area is 109 Å². The van der Waals surface area contributed by atoms with Gasteiger partial charge in [-0.2, -0.15) is 0 Å². The molecule has 1 aliphatic heterocycles. The number of carbonyl (C=O) groups excluding carboxylic acids is 1. The zero-order valence-corrected chi connectivity index (χ0v) is 11.6. The molecule has 1 heterocycles. The molecule has 5 nitrogen and oxygen atoms in total. The number of amides is 1. The molecule has 0 aliphatic carbocycles. The van der Waals surface area contributed by atoms with E-state index in [0.717, 1.165) is 45.4 Å². The molecule has 1 rings (SSSR count). The number of aliphatic hydroxyl groups excluding tert-OH is 1. The number of nitrogens with zero attached hydrogens (tertiary/aromatic N) is 1. The maximum absolute atomic E-state index is 11.4. The molecule has 0 radical (unpaired) electrons. The third kappa shape index (κ3) is 4.55. The Kier molecular flexibility index (Phi) is 6.60. The predicted molar refractivity (Wildman–Crippen MR) is 70.4 cm³/mol. The van der Waals surface area contributed by atoms with E-state index in [4.69, 9.17) is 4.74 Å². The molecule has 0 spiro atoms. The summed E-state index contributed by atoms with van der Waals surface area (Å²) in [7, 11) is 3.36. The maximum Gasteiger partial charge on any atom is 0.233 e. The van der Waals surface area contributed by atoms with E-state index in [1.54, 1.807) is 14.2 Å². The van der Waals surface area contributed by atoms with Gasteiger partial charge in [0.2, 0.25) is 5.91 Å². The second kappa shape index (κ2) is 7.71. The van der Waals surface area contributed by atoms with Crippen LogP contribution in [0.3, 0.4) is 0 Å². The Morgan fingerprint density at radius 2 is 2.33 bits per heavy atom. The molecule has 0 unspecified atom stereocenters. The van der Waals surface area contributed by atoms with E-state index >= 15 is 0 Å². The van der Waals surface area contributed by atoms with E-state index in [1.165, 1.54) is 0 Å². The third-order valence-corrected chi connectivity index (χ3v) is 3.78. The highest BCUT2D eigenvalue weighted by Gasteiger charge is 2.34. The average molecular weight is 258 g/mol. The van der Waals surface area contributed by atoms with Crippen LogP contribution < -0.4 is 5.32 Å². The number of ether oxygens (including phenoxy) is 1. The summed E-state index contributed by atoms with van der Waals surface area (Å²) < 4.78 is 5.07. The minimum absolute atomic E-state index is 0.0423. The van der Waals surface area contributed by atoms with Gasteiger partial charge in [-0.15, -0.1) is 0 Å². The first-order valence-corrected chi connectivity index (χ1v) is 6.68. The summed E-state index contributed by atoms with van der Waals surface area (Å²) in [5.41, 5.74) is -0.0508. The first-order chi connectivity index (χ1) is 8.65. The highest BCUT2D eigenvalue weighted by Crippen LogP contribution is 2.34. The van der Waals surface area contributed by atoms with E-state index in [9.17, 15) is 9.90 Å². The number of methoxy groups -OCH3 is 1. The molecule has 1 fully saturated rings. The summed E-state index contributed by atoms with van der Waals surface area (Å²) in [5.74, 6) is 0.0423. The van der Waals surface area contributed by atoms with Gasteiger partial charge in [-0.1, -0.05) is 0 Å². The first-order valence-electron chi connectivity index (χ1n) is 6.68. The van der Waals surface area contributed by atoms with Crippen LogP contribution in [-0.4, -0.2) is 62.9 Å². The van der Waals surface area contributed by atoms with Gasteiger partial charge >= 0.3 is 0 Å². The molecule has 0 saturated carbocycles. The Morgan fingerprint density at radius 3 is 2.94 bits per heavy atom. The van der Waals surface area contributed by atoms with Gasteiger partial charge in [0.25, 0.3) is 0 Å². The molecule has 1 atom stereocenters. The number of hydrogen-bond acceptors (Lipinski definition) is 4. The largest absolute Gasteiger partial charge is 0.396 e. The van der Waals surface area contributed by atoms with Gasteiger partial charge in [-0.05, 0) is 32.2 Å². The monoisotopic (exact) mass is 258 g/mol. The van der Waals surface area contributed by atoms with Gasteiger partial charge in [-0.25, -0.2) is 0 Å². The van der Waals surface area contributed by atoms with Gasteiger partial charge in [0, 0.05) is 39.3 Å². The Balaban J connectivity index is 2.49. The first kappa shape index (κ1) is 15.4. The van der Waals surface area contributed by atoms with Crippen molar-refractivity contribution < 1.29 is 14.6 Å². The van der Waals surface area contributed by atoms with Crippen LogP contribution in [0, 0.1) is 5.41 Å². The molecule has 0 aromatic carbocycles. The maximum atomic E-state index is 11.4. The number of nitrogens with one attached hydrogen (secondary N) is 1. The molecule has 1 amide bonds. The second-order valence-corrected chi connectivity index (χ2v) is 5.24. The van der Waals surface area contributed by atoms with Crippen LogP contribution in [0.25, 0.3) is 0 Å². The van der Waals surface area contributed by atoms with E-state index in [2.05, 4.69) is 10.2 Å². The van der Waals surface area contributed by atoms with Crippen molar-refractivity contribution in [2.45, 2.75) is 25.7 Å². The molecule has 0 aromatic heterocycles. The van der Waals surface area contributed by atoms with Crippen LogP contribution in [0.1, 0.15) is 25.7 Å². The number of piperidine rings is 1. The third-order valence-electron chi connectivity index (χ3n) is 3.78. The van der Waals surface area contributed by atoms with E-state index in [1.807, 2.05) is 0 Å². The molecule has 1 aliphatic rings. The number of hydrogen-bond donors (Lipinski definition) is 2. The summed E-state index contributed by atoms with van der Waals surface area (Å²) in [5, 5.41) is 12.3. The molecule has 5 heteroatoms. The molecule has 18 heavy (non-hydrogen) atoms. The smallest absolute Gasteiger partial charge is 0.233 e. The number of rotatable bonds is 7. The zero-order valence-electron chi connectivity index (χ0n) is 11.6. The van der Waals surface area contributed by atoms with Crippen LogP contribution >= 0.6 is 0 Å². The topological polar surface area (TPSA) is 61.8 Å². The standard InChI is InChI=1S/C13H26N2O3/c1-14-12(17)9-15-7-3-5-13(10-15,11-16)6-4-8-18-2/h16H,3-11H2,1-2H3,(H,14,17)/t13-/m1/s1. The highest BCUT2D eigenvalue weighted by molar-refractivity contribution is 5.77. The van der Waals surface area contributed by atoms with E-state index < -0.39 is 0 Å². The fraction of sp³-hybridized carbons (Fsp3) is 0.923. The number of carbonyl (C=O) groups is 1. The van der Waals surface area contributed by atoms with Crippen LogP contribution in [0.4, 0.5) is 0 Å². The molecule has 106 valence electrons. The van der Waals surface area contributed by atoms with Crippen molar-refractivity contribution >= 4 is 5.91 Å². The van der Waals surface area contributed by atoms with Gasteiger partial charge in [0.15, 0.2) is 0 Å². The predicted octanol–water partition coefficient (Wildman–Crippen LogP) is 0.233. The summed E-state index contributed by atoms with van der Waals surface area (Å²) in [6.45, 7) is 3.11. The van der Waals surface area contributed by atoms with Gasteiger partial charge in [0.1, 0.15) is 0 Å². The SMILES string of the molecule is CNC(=O)CN1CCC[C@@](CO)(CCCOC)C1. The zero-order chi connectivity index (χ0) is 13.4. The lowest BCUT2D eigenvalue weighted by atomic mass is 9.77. The van der Waals surface area contributed by atoms with Crippen molar-refractivity contribution in [3.8, 4) is 0 Å². The molecule has 0 bridgehead atoms. The van der Waals surface area contributed by atoms with Crippen molar-refractivity contribution in [3.05, 3.63) is 0 Å². The van der Waals surface area contributed by atoms with Crippen LogP contribution in [0.5, 0.6) is 0 Å². The normalized spacial score (nSPS) is 25.1. The molecule has 1 saturated heterocycles. The number of likely N-dealkylation sites (tertiary alicyclic amines) is 1. The van der Waals surface area contributed by atoms with Crippen LogP contribution in [0.15, 0.2) is 0 Å². The Hall–Kier alpha value is -0.650. The lowest BCUT2D eigenvalue weighted by molar-refractivity contribution is -0.123. The van der Waals surface area contributed by atoms with Gasteiger partial charge < -0.3 is 15.2 Å². The van der Waals surface area contributed by atoms with Crippen LogP contribution in [0.2, 0.25) is 0 Å². The second-order valence-electron chi connectivity index (χ2n) is 5.24. The van der Waals surface area contributed by atoms with Crippen molar-refractivity contribution in [2.24, 2.45) is 5.41 Å². The van der Waals surface area contributed by atoms with Crippen LogP contribution in [-0.2, 0) is 9.53 Å². The fourth-order valence-electron chi connectivity index (χ4n) is 2.73. The molecule has 2 N–H and O–H groups in total. The Bertz CT molecular complexity index is 261. The fourth-order valence-corrected chi connectivity index (χ4v) is 2.73. The minimum Gasteiger partial charge on any atom is -0.396 e. The molecule has 0 aromatic rings. The lowest BCUT2D eigenvalue weighted by Crippen LogP contribution is -2.48.